The number of amides is 2. The number of anilines is 1. The second-order valence-corrected chi connectivity index (χ2v) is 5.07. The minimum atomic E-state index is -0.186. The Morgan fingerprint density at radius 3 is 2.57 bits per heavy atom. The molecule has 1 aliphatic heterocycles. The van der Waals surface area contributed by atoms with E-state index in [1.807, 2.05) is 54.6 Å². The third kappa shape index (κ3) is 3.41. The van der Waals surface area contributed by atoms with E-state index in [0.29, 0.717) is 13.2 Å². The van der Waals surface area contributed by atoms with E-state index in [1.54, 1.807) is 0 Å². The van der Waals surface area contributed by atoms with E-state index in [4.69, 9.17) is 4.74 Å². The molecule has 108 valence electrons. The van der Waals surface area contributed by atoms with E-state index in [9.17, 15) is 4.79 Å². The first-order valence-corrected chi connectivity index (χ1v) is 7.12. The van der Waals surface area contributed by atoms with Gasteiger partial charge in [-0.15, -0.1) is 0 Å². The number of carbonyl (C=O) groups is 1. The van der Waals surface area contributed by atoms with Crippen molar-refractivity contribution in [1.29, 1.82) is 0 Å². The highest BCUT2D eigenvalue weighted by Crippen LogP contribution is 2.27. The van der Waals surface area contributed by atoms with E-state index >= 15 is 0 Å². The summed E-state index contributed by atoms with van der Waals surface area (Å²) in [6.45, 7) is 1.30. The molecule has 2 amide bonds. The maximum absolute atomic E-state index is 12.1. The predicted octanol–water partition coefficient (Wildman–Crippen LogP) is 3.26. The maximum atomic E-state index is 12.1. The molecule has 4 heteroatoms. The van der Waals surface area contributed by atoms with Gasteiger partial charge in [-0.25, -0.2) is 4.79 Å². The van der Waals surface area contributed by atoms with Crippen molar-refractivity contribution in [3.8, 4) is 11.1 Å². The number of carbonyl (C=O) groups excluding carboxylic acids is 1. The lowest BCUT2D eigenvalue weighted by atomic mass is 10.0. The van der Waals surface area contributed by atoms with E-state index in [2.05, 4.69) is 10.6 Å². The Balaban J connectivity index is 1.74. The molecule has 0 aliphatic carbocycles. The van der Waals surface area contributed by atoms with Crippen LogP contribution >= 0.6 is 0 Å². The molecule has 1 fully saturated rings. The van der Waals surface area contributed by atoms with Gasteiger partial charge >= 0.3 is 6.03 Å². The van der Waals surface area contributed by atoms with Crippen LogP contribution in [-0.4, -0.2) is 25.3 Å². The Morgan fingerprint density at radius 2 is 1.81 bits per heavy atom. The van der Waals surface area contributed by atoms with Gasteiger partial charge in [0, 0.05) is 12.2 Å². The highest BCUT2D eigenvalue weighted by Gasteiger charge is 2.18. The molecule has 1 unspecified atom stereocenters. The summed E-state index contributed by atoms with van der Waals surface area (Å²) in [5.41, 5.74) is 2.90. The second-order valence-electron chi connectivity index (χ2n) is 5.07. The van der Waals surface area contributed by atoms with Crippen LogP contribution in [0.1, 0.15) is 6.42 Å². The summed E-state index contributed by atoms with van der Waals surface area (Å²) in [5.74, 6) is 0. The second kappa shape index (κ2) is 6.41. The van der Waals surface area contributed by atoms with Gasteiger partial charge in [0.15, 0.2) is 0 Å². The van der Waals surface area contributed by atoms with Crippen LogP contribution in [0.2, 0.25) is 0 Å². The molecule has 0 radical (unpaired) electrons. The number of hydrogen-bond donors (Lipinski definition) is 2. The number of benzene rings is 2. The molecule has 2 aromatic rings. The Morgan fingerprint density at radius 1 is 1.05 bits per heavy atom. The fraction of sp³-hybridized carbons (Fsp3) is 0.235. The molecular formula is C17H18N2O2. The number of rotatable bonds is 3. The number of hydrogen-bond acceptors (Lipinski definition) is 2. The molecule has 1 heterocycles. The normalized spacial score (nSPS) is 17.4. The van der Waals surface area contributed by atoms with Gasteiger partial charge in [-0.1, -0.05) is 48.5 Å². The van der Waals surface area contributed by atoms with Crippen molar-refractivity contribution in [3.05, 3.63) is 54.6 Å². The standard InChI is InChI=1S/C17H18N2O2/c20-17(18-14-10-11-21-12-14)19-16-9-5-4-8-15(16)13-6-2-1-3-7-13/h1-9,14H,10-12H2,(H2,18,19,20). The summed E-state index contributed by atoms with van der Waals surface area (Å²) in [4.78, 5) is 12.1. The van der Waals surface area contributed by atoms with Gasteiger partial charge in [-0.3, -0.25) is 0 Å². The van der Waals surface area contributed by atoms with Gasteiger partial charge in [0.1, 0.15) is 0 Å². The molecule has 2 N–H and O–H groups in total. The first kappa shape index (κ1) is 13.6. The van der Waals surface area contributed by atoms with Crippen molar-refractivity contribution >= 4 is 11.7 Å². The van der Waals surface area contributed by atoms with Gasteiger partial charge in [0.05, 0.1) is 18.3 Å². The van der Waals surface area contributed by atoms with Crippen molar-refractivity contribution in [2.45, 2.75) is 12.5 Å². The van der Waals surface area contributed by atoms with E-state index in [0.717, 1.165) is 23.2 Å². The van der Waals surface area contributed by atoms with Crippen LogP contribution in [0, 0.1) is 0 Å². The van der Waals surface area contributed by atoms with Crippen molar-refractivity contribution in [1.82, 2.24) is 5.32 Å². The first-order valence-electron chi connectivity index (χ1n) is 7.12. The summed E-state index contributed by atoms with van der Waals surface area (Å²) in [5, 5.41) is 5.86. The molecular weight excluding hydrogens is 264 g/mol. The van der Waals surface area contributed by atoms with Gasteiger partial charge in [0.25, 0.3) is 0 Å². The Labute approximate surface area is 124 Å². The molecule has 2 aromatic carbocycles. The minimum Gasteiger partial charge on any atom is -0.379 e. The zero-order chi connectivity index (χ0) is 14.5. The lowest BCUT2D eigenvalue weighted by Gasteiger charge is -2.14. The zero-order valence-electron chi connectivity index (χ0n) is 11.7. The summed E-state index contributed by atoms with van der Waals surface area (Å²) in [6, 6.07) is 17.7. The SMILES string of the molecule is O=C(Nc1ccccc1-c1ccccc1)NC1CCOC1. The highest BCUT2D eigenvalue weighted by molar-refractivity contribution is 5.94. The Bertz CT molecular complexity index is 607. The summed E-state index contributed by atoms with van der Waals surface area (Å²) < 4.78 is 5.26. The molecule has 3 rings (SSSR count). The molecule has 1 saturated heterocycles. The van der Waals surface area contributed by atoms with Crippen molar-refractivity contribution in [2.75, 3.05) is 18.5 Å². The summed E-state index contributed by atoms with van der Waals surface area (Å²) in [6.07, 6.45) is 0.869. The highest BCUT2D eigenvalue weighted by atomic mass is 16.5. The summed E-state index contributed by atoms with van der Waals surface area (Å²) in [7, 11) is 0. The van der Waals surface area contributed by atoms with Crippen LogP contribution in [0.15, 0.2) is 54.6 Å². The third-order valence-electron chi connectivity index (χ3n) is 3.52. The van der Waals surface area contributed by atoms with E-state index < -0.39 is 0 Å². The van der Waals surface area contributed by atoms with Gasteiger partial charge in [-0.05, 0) is 18.1 Å². The quantitative estimate of drug-likeness (QED) is 0.907. The first-order chi connectivity index (χ1) is 10.3. The van der Waals surface area contributed by atoms with Gasteiger partial charge in [-0.2, -0.15) is 0 Å². The average Bonchev–Trinajstić information content (AvgIpc) is 3.01. The molecule has 4 nitrogen and oxygen atoms in total. The molecule has 1 atom stereocenters. The molecule has 0 saturated carbocycles. The topological polar surface area (TPSA) is 50.4 Å². The Hall–Kier alpha value is -2.33. The van der Waals surface area contributed by atoms with Crippen LogP contribution in [0.3, 0.4) is 0 Å². The van der Waals surface area contributed by atoms with E-state index in [-0.39, 0.29) is 12.1 Å². The third-order valence-corrected chi connectivity index (χ3v) is 3.52. The lowest BCUT2D eigenvalue weighted by molar-refractivity contribution is 0.189. The van der Waals surface area contributed by atoms with Crippen LogP contribution in [-0.2, 0) is 4.74 Å². The fourth-order valence-electron chi connectivity index (χ4n) is 2.45. The number of urea groups is 1. The smallest absolute Gasteiger partial charge is 0.319 e. The molecule has 0 bridgehead atoms. The fourth-order valence-corrected chi connectivity index (χ4v) is 2.45. The van der Waals surface area contributed by atoms with Gasteiger partial charge in [0.2, 0.25) is 0 Å². The predicted molar refractivity (Wildman–Crippen MR) is 83.3 cm³/mol. The van der Waals surface area contributed by atoms with E-state index in [1.165, 1.54) is 0 Å². The average molecular weight is 282 g/mol. The summed E-state index contributed by atoms with van der Waals surface area (Å²) >= 11 is 0. The number of para-hydroxylation sites is 1. The van der Waals surface area contributed by atoms with Crippen LogP contribution < -0.4 is 10.6 Å². The molecule has 0 aromatic heterocycles. The number of nitrogens with one attached hydrogen (secondary N) is 2. The van der Waals surface area contributed by atoms with Crippen molar-refractivity contribution in [3.63, 3.8) is 0 Å². The van der Waals surface area contributed by atoms with Gasteiger partial charge < -0.3 is 15.4 Å². The Kier molecular flexibility index (Phi) is 4.17. The monoisotopic (exact) mass is 282 g/mol. The van der Waals surface area contributed by atoms with Crippen LogP contribution in [0.25, 0.3) is 11.1 Å². The van der Waals surface area contributed by atoms with Crippen molar-refractivity contribution in [2.24, 2.45) is 0 Å². The van der Waals surface area contributed by atoms with Crippen LogP contribution in [0.5, 0.6) is 0 Å². The van der Waals surface area contributed by atoms with Crippen LogP contribution in [0.4, 0.5) is 10.5 Å². The number of ether oxygens (including phenoxy) is 1. The maximum Gasteiger partial charge on any atom is 0.319 e. The molecule has 1 aliphatic rings. The zero-order valence-corrected chi connectivity index (χ0v) is 11.7. The lowest BCUT2D eigenvalue weighted by Crippen LogP contribution is -2.38. The minimum absolute atomic E-state index is 0.105. The largest absolute Gasteiger partial charge is 0.379 e. The molecule has 21 heavy (non-hydrogen) atoms. The van der Waals surface area contributed by atoms with Crippen molar-refractivity contribution < 1.29 is 9.53 Å². The molecule has 0 spiro atoms.